The summed E-state index contributed by atoms with van der Waals surface area (Å²) in [5.41, 5.74) is 2.73. The number of hydrogen-bond donors (Lipinski definition) is 1. The molecule has 0 radical (unpaired) electrons. The molecule has 0 amide bonds. The molecule has 0 bridgehead atoms. The van der Waals surface area contributed by atoms with Gasteiger partial charge < -0.3 is 10.1 Å². The standard InChI is InChI=1S/C20H15Cl4NO/c21-15-6-5-14(19(24)10-15)12-26-20-4-2-1-3-13(20)11-25-18-8-16(22)7-17(23)9-18/h1-10,25H,11-12H2. The van der Waals surface area contributed by atoms with Crippen molar-refractivity contribution in [3.05, 3.63) is 91.9 Å². The Hall–Kier alpha value is -1.58. The van der Waals surface area contributed by atoms with E-state index >= 15 is 0 Å². The van der Waals surface area contributed by atoms with Crippen LogP contribution in [0.25, 0.3) is 0 Å². The van der Waals surface area contributed by atoms with E-state index < -0.39 is 0 Å². The highest BCUT2D eigenvalue weighted by molar-refractivity contribution is 6.35. The van der Waals surface area contributed by atoms with Crippen LogP contribution in [0.5, 0.6) is 5.75 Å². The number of hydrogen-bond acceptors (Lipinski definition) is 2. The second-order valence-electron chi connectivity index (χ2n) is 5.64. The van der Waals surface area contributed by atoms with Gasteiger partial charge in [-0.3, -0.25) is 0 Å². The van der Waals surface area contributed by atoms with Crippen LogP contribution in [0.4, 0.5) is 5.69 Å². The predicted molar refractivity (Wildman–Crippen MR) is 111 cm³/mol. The highest BCUT2D eigenvalue weighted by Gasteiger charge is 2.07. The van der Waals surface area contributed by atoms with Crippen LogP contribution in [0.1, 0.15) is 11.1 Å². The van der Waals surface area contributed by atoms with Crippen molar-refractivity contribution in [2.45, 2.75) is 13.2 Å². The van der Waals surface area contributed by atoms with Gasteiger partial charge in [0, 0.05) is 43.4 Å². The van der Waals surface area contributed by atoms with Gasteiger partial charge in [0.05, 0.1) is 0 Å². The van der Waals surface area contributed by atoms with Crippen LogP contribution in [0.3, 0.4) is 0 Å². The molecule has 0 spiro atoms. The quantitative estimate of drug-likeness (QED) is 0.440. The van der Waals surface area contributed by atoms with E-state index in [0.29, 0.717) is 33.2 Å². The van der Waals surface area contributed by atoms with Gasteiger partial charge in [-0.05, 0) is 36.4 Å². The molecule has 3 aromatic rings. The molecule has 0 fully saturated rings. The Morgan fingerprint density at radius 1 is 0.731 bits per heavy atom. The van der Waals surface area contributed by atoms with Crippen molar-refractivity contribution in [2.24, 2.45) is 0 Å². The van der Waals surface area contributed by atoms with Crippen molar-refractivity contribution < 1.29 is 4.74 Å². The highest BCUT2D eigenvalue weighted by Crippen LogP contribution is 2.26. The van der Waals surface area contributed by atoms with Crippen molar-refractivity contribution in [1.29, 1.82) is 0 Å². The molecule has 1 N–H and O–H groups in total. The predicted octanol–water partition coefficient (Wildman–Crippen LogP) is 7.49. The fraction of sp³-hybridized carbons (Fsp3) is 0.100. The number of rotatable bonds is 6. The first-order valence-corrected chi connectivity index (χ1v) is 9.37. The highest BCUT2D eigenvalue weighted by atomic mass is 35.5. The molecule has 0 saturated carbocycles. The van der Waals surface area contributed by atoms with Crippen LogP contribution in [-0.2, 0) is 13.2 Å². The Kier molecular flexibility index (Phi) is 6.55. The lowest BCUT2D eigenvalue weighted by Crippen LogP contribution is -2.04. The molecule has 0 aromatic heterocycles. The SMILES string of the molecule is Clc1cc(Cl)cc(NCc2ccccc2OCc2ccc(Cl)cc2Cl)c1. The largest absolute Gasteiger partial charge is 0.488 e. The number of anilines is 1. The van der Waals surface area contributed by atoms with Crippen molar-refractivity contribution in [2.75, 3.05) is 5.32 Å². The van der Waals surface area contributed by atoms with E-state index in [4.69, 9.17) is 51.1 Å². The van der Waals surface area contributed by atoms with Crippen LogP contribution in [0.2, 0.25) is 20.1 Å². The minimum Gasteiger partial charge on any atom is -0.488 e. The van der Waals surface area contributed by atoms with Gasteiger partial charge in [-0.2, -0.15) is 0 Å². The molecule has 134 valence electrons. The van der Waals surface area contributed by atoms with E-state index in [2.05, 4.69) is 5.32 Å². The van der Waals surface area contributed by atoms with Gasteiger partial charge in [0.1, 0.15) is 12.4 Å². The Labute approximate surface area is 172 Å². The number of para-hydroxylation sites is 1. The smallest absolute Gasteiger partial charge is 0.124 e. The summed E-state index contributed by atoms with van der Waals surface area (Å²) in [5, 5.41) is 5.66. The summed E-state index contributed by atoms with van der Waals surface area (Å²) in [5.74, 6) is 0.777. The lowest BCUT2D eigenvalue weighted by atomic mass is 10.2. The average Bonchev–Trinajstić information content (AvgIpc) is 2.59. The fourth-order valence-electron chi connectivity index (χ4n) is 2.44. The molecule has 0 aliphatic heterocycles. The van der Waals surface area contributed by atoms with Crippen LogP contribution < -0.4 is 10.1 Å². The molecule has 0 aliphatic rings. The Bertz CT molecular complexity index is 894. The maximum atomic E-state index is 6.20. The first-order valence-electron chi connectivity index (χ1n) is 7.86. The van der Waals surface area contributed by atoms with E-state index in [1.165, 1.54) is 0 Å². The number of nitrogens with one attached hydrogen (secondary N) is 1. The molecular formula is C20H15Cl4NO. The van der Waals surface area contributed by atoms with Gasteiger partial charge in [0.15, 0.2) is 0 Å². The molecule has 26 heavy (non-hydrogen) atoms. The van der Waals surface area contributed by atoms with E-state index in [1.54, 1.807) is 18.2 Å². The molecule has 0 saturated heterocycles. The molecule has 0 unspecified atom stereocenters. The van der Waals surface area contributed by atoms with Crippen molar-refractivity contribution in [3.63, 3.8) is 0 Å². The molecule has 0 heterocycles. The zero-order chi connectivity index (χ0) is 18.5. The average molecular weight is 427 g/mol. The van der Waals surface area contributed by atoms with E-state index in [0.717, 1.165) is 22.6 Å². The van der Waals surface area contributed by atoms with Crippen LogP contribution in [0, 0.1) is 0 Å². The van der Waals surface area contributed by atoms with E-state index in [-0.39, 0.29) is 0 Å². The van der Waals surface area contributed by atoms with E-state index in [9.17, 15) is 0 Å². The Morgan fingerprint density at radius 2 is 1.46 bits per heavy atom. The topological polar surface area (TPSA) is 21.3 Å². The lowest BCUT2D eigenvalue weighted by Gasteiger charge is -2.14. The summed E-state index contributed by atoms with van der Waals surface area (Å²) in [4.78, 5) is 0. The van der Waals surface area contributed by atoms with E-state index in [1.807, 2.05) is 42.5 Å². The molecule has 0 atom stereocenters. The zero-order valence-corrected chi connectivity index (χ0v) is 16.6. The summed E-state index contributed by atoms with van der Waals surface area (Å²) < 4.78 is 5.96. The number of halogens is 4. The Morgan fingerprint density at radius 3 is 2.19 bits per heavy atom. The maximum Gasteiger partial charge on any atom is 0.124 e. The number of ether oxygens (including phenoxy) is 1. The van der Waals surface area contributed by atoms with Crippen molar-refractivity contribution >= 4 is 52.1 Å². The molecule has 0 aliphatic carbocycles. The normalized spacial score (nSPS) is 10.6. The molecule has 2 nitrogen and oxygen atoms in total. The zero-order valence-electron chi connectivity index (χ0n) is 13.6. The van der Waals surface area contributed by atoms with Gasteiger partial charge in [-0.25, -0.2) is 0 Å². The second kappa shape index (κ2) is 8.88. The first-order chi connectivity index (χ1) is 12.5. The number of benzene rings is 3. The third-order valence-corrected chi connectivity index (χ3v) is 4.74. The molecule has 3 rings (SSSR count). The van der Waals surface area contributed by atoms with Gasteiger partial charge >= 0.3 is 0 Å². The minimum atomic E-state index is 0.357. The van der Waals surface area contributed by atoms with Gasteiger partial charge in [-0.15, -0.1) is 0 Å². The molecule has 3 aromatic carbocycles. The third kappa shape index (κ3) is 5.21. The van der Waals surface area contributed by atoms with Crippen molar-refractivity contribution in [3.8, 4) is 5.75 Å². The monoisotopic (exact) mass is 425 g/mol. The lowest BCUT2D eigenvalue weighted by molar-refractivity contribution is 0.303. The minimum absolute atomic E-state index is 0.357. The third-order valence-electron chi connectivity index (χ3n) is 3.72. The summed E-state index contributed by atoms with van der Waals surface area (Å²) in [6.45, 7) is 0.928. The van der Waals surface area contributed by atoms with Gasteiger partial charge in [0.2, 0.25) is 0 Å². The fourth-order valence-corrected chi connectivity index (χ4v) is 3.43. The first kappa shape index (κ1) is 19.2. The van der Waals surface area contributed by atoms with Crippen LogP contribution in [0.15, 0.2) is 60.7 Å². The second-order valence-corrected chi connectivity index (χ2v) is 7.36. The van der Waals surface area contributed by atoms with Gasteiger partial charge in [-0.1, -0.05) is 70.7 Å². The van der Waals surface area contributed by atoms with Crippen LogP contribution >= 0.6 is 46.4 Å². The van der Waals surface area contributed by atoms with Gasteiger partial charge in [0.25, 0.3) is 0 Å². The van der Waals surface area contributed by atoms with Crippen molar-refractivity contribution in [1.82, 2.24) is 0 Å². The Balaban J connectivity index is 1.69. The van der Waals surface area contributed by atoms with Crippen LogP contribution in [-0.4, -0.2) is 0 Å². The maximum absolute atomic E-state index is 6.20. The summed E-state index contributed by atoms with van der Waals surface area (Å²) in [7, 11) is 0. The summed E-state index contributed by atoms with van der Waals surface area (Å²) in [6.07, 6.45) is 0. The summed E-state index contributed by atoms with van der Waals surface area (Å²) >= 11 is 24.2. The molecular weight excluding hydrogens is 412 g/mol. The summed E-state index contributed by atoms with van der Waals surface area (Å²) in [6, 6.07) is 18.5. The molecule has 6 heteroatoms.